The van der Waals surface area contributed by atoms with E-state index in [0.717, 1.165) is 5.56 Å². The van der Waals surface area contributed by atoms with Gasteiger partial charge in [-0.3, -0.25) is 4.79 Å². The van der Waals surface area contributed by atoms with Gasteiger partial charge in [-0.05, 0) is 30.9 Å². The van der Waals surface area contributed by atoms with Crippen LogP contribution in [0.15, 0.2) is 29.2 Å². The summed E-state index contributed by atoms with van der Waals surface area (Å²) in [6, 6.07) is 8.39. The van der Waals surface area contributed by atoms with Gasteiger partial charge in [-0.25, -0.2) is 0 Å². The summed E-state index contributed by atoms with van der Waals surface area (Å²) >= 11 is 3.39. The van der Waals surface area contributed by atoms with Gasteiger partial charge >= 0.3 is 0 Å². The number of amides is 1. The first-order chi connectivity index (χ1) is 8.81. The summed E-state index contributed by atoms with van der Waals surface area (Å²) in [5.74, 6) is 0.609. The molecule has 0 fully saturated rings. The molecule has 1 atom stereocenters. The molecular weight excluding hydrogens is 274 g/mol. The van der Waals surface area contributed by atoms with Crippen molar-refractivity contribution >= 4 is 29.4 Å². The molecule has 106 valence electrons. The Hall–Kier alpha value is -0.610. The van der Waals surface area contributed by atoms with Crippen LogP contribution in [0.5, 0.6) is 0 Å². The van der Waals surface area contributed by atoms with Gasteiger partial charge < -0.3 is 5.32 Å². The van der Waals surface area contributed by atoms with Gasteiger partial charge in [-0.2, -0.15) is 0 Å². The molecule has 1 amide bonds. The van der Waals surface area contributed by atoms with E-state index < -0.39 is 0 Å². The number of nitrogens with one attached hydrogen (secondary N) is 1. The Labute approximate surface area is 125 Å². The van der Waals surface area contributed by atoms with E-state index >= 15 is 0 Å². The van der Waals surface area contributed by atoms with Gasteiger partial charge in [-0.15, -0.1) is 23.5 Å². The third-order valence-corrected chi connectivity index (χ3v) is 4.65. The summed E-state index contributed by atoms with van der Waals surface area (Å²) in [5, 5.41) is 3.04. The fourth-order valence-electron chi connectivity index (χ4n) is 1.54. The van der Waals surface area contributed by atoms with Crippen LogP contribution in [-0.4, -0.2) is 22.7 Å². The van der Waals surface area contributed by atoms with Crippen LogP contribution in [0.3, 0.4) is 0 Å². The minimum absolute atomic E-state index is 0.0592. The van der Waals surface area contributed by atoms with Gasteiger partial charge in [0.2, 0.25) is 5.91 Å². The van der Waals surface area contributed by atoms with Crippen LogP contribution in [0.4, 0.5) is 0 Å². The number of hydrogen-bond acceptors (Lipinski definition) is 3. The maximum Gasteiger partial charge on any atom is 0.230 e. The van der Waals surface area contributed by atoms with E-state index in [0.29, 0.717) is 5.75 Å². The molecule has 0 spiro atoms. The maximum absolute atomic E-state index is 11.9. The molecule has 0 bridgehead atoms. The van der Waals surface area contributed by atoms with E-state index in [1.54, 1.807) is 23.5 Å². The first kappa shape index (κ1) is 16.4. The number of carbonyl (C=O) groups is 1. The lowest BCUT2D eigenvalue weighted by atomic mass is 10.1. The van der Waals surface area contributed by atoms with Crippen molar-refractivity contribution in [2.45, 2.75) is 43.4 Å². The lowest BCUT2D eigenvalue weighted by molar-refractivity contribution is -0.119. The van der Waals surface area contributed by atoms with Crippen molar-refractivity contribution in [3.63, 3.8) is 0 Å². The Kier molecular flexibility index (Phi) is 6.27. The van der Waals surface area contributed by atoms with E-state index in [4.69, 9.17) is 0 Å². The molecule has 0 heterocycles. The maximum atomic E-state index is 11.9. The van der Waals surface area contributed by atoms with Gasteiger partial charge in [0.25, 0.3) is 0 Å². The summed E-state index contributed by atoms with van der Waals surface area (Å²) in [7, 11) is 0. The standard InChI is InChI=1S/C15H23NOS2/c1-11(12-6-8-13(18-5)9-7-12)16-14(17)10-19-15(2,3)4/h6-9,11H,10H2,1-5H3,(H,16,17). The second-order valence-corrected chi connectivity index (χ2v) is 8.15. The van der Waals surface area contributed by atoms with Crippen molar-refractivity contribution in [3.05, 3.63) is 29.8 Å². The van der Waals surface area contributed by atoms with Gasteiger partial charge in [0.1, 0.15) is 0 Å². The number of benzene rings is 1. The van der Waals surface area contributed by atoms with Crippen molar-refractivity contribution in [2.24, 2.45) is 0 Å². The normalized spacial score (nSPS) is 13.1. The number of hydrogen-bond donors (Lipinski definition) is 1. The average Bonchev–Trinajstić information content (AvgIpc) is 2.35. The summed E-state index contributed by atoms with van der Waals surface area (Å²) in [4.78, 5) is 13.1. The van der Waals surface area contributed by atoms with Crippen molar-refractivity contribution in [2.75, 3.05) is 12.0 Å². The van der Waals surface area contributed by atoms with Crippen LogP contribution in [0.25, 0.3) is 0 Å². The molecule has 1 aromatic carbocycles. The van der Waals surface area contributed by atoms with Crippen LogP contribution in [0.1, 0.15) is 39.3 Å². The molecule has 0 radical (unpaired) electrons. The molecule has 0 aromatic heterocycles. The van der Waals surface area contributed by atoms with Crippen molar-refractivity contribution in [1.29, 1.82) is 0 Å². The largest absolute Gasteiger partial charge is 0.349 e. The van der Waals surface area contributed by atoms with Crippen molar-refractivity contribution in [1.82, 2.24) is 5.32 Å². The molecule has 19 heavy (non-hydrogen) atoms. The van der Waals surface area contributed by atoms with E-state index in [2.05, 4.69) is 56.6 Å². The van der Waals surface area contributed by atoms with Crippen molar-refractivity contribution in [3.8, 4) is 0 Å². The number of rotatable bonds is 5. The Morgan fingerprint density at radius 3 is 2.32 bits per heavy atom. The van der Waals surface area contributed by atoms with E-state index in [1.165, 1.54) is 4.90 Å². The van der Waals surface area contributed by atoms with Gasteiger partial charge in [0.05, 0.1) is 11.8 Å². The highest BCUT2D eigenvalue weighted by Gasteiger charge is 2.15. The summed E-state index contributed by atoms with van der Waals surface area (Å²) in [5.41, 5.74) is 1.15. The zero-order valence-corrected chi connectivity index (χ0v) is 14.0. The third kappa shape index (κ3) is 6.39. The van der Waals surface area contributed by atoms with Gasteiger partial charge in [-0.1, -0.05) is 32.9 Å². The Morgan fingerprint density at radius 1 is 1.26 bits per heavy atom. The average molecular weight is 297 g/mol. The molecule has 0 aliphatic carbocycles. The Morgan fingerprint density at radius 2 is 1.84 bits per heavy atom. The van der Waals surface area contributed by atoms with Crippen LogP contribution in [0, 0.1) is 0 Å². The summed E-state index contributed by atoms with van der Waals surface area (Å²) < 4.78 is 0.126. The Bertz CT molecular complexity index is 409. The van der Waals surface area contributed by atoms with Crippen molar-refractivity contribution < 1.29 is 4.79 Å². The minimum Gasteiger partial charge on any atom is -0.349 e. The molecule has 1 rings (SSSR count). The molecule has 0 saturated heterocycles. The quantitative estimate of drug-likeness (QED) is 0.829. The first-order valence-corrected chi connectivity index (χ1v) is 8.60. The fraction of sp³-hybridized carbons (Fsp3) is 0.533. The van der Waals surface area contributed by atoms with Crippen LogP contribution < -0.4 is 5.32 Å². The minimum atomic E-state index is 0.0592. The fourth-order valence-corrected chi connectivity index (χ4v) is 2.60. The number of thioether (sulfide) groups is 2. The zero-order valence-electron chi connectivity index (χ0n) is 12.3. The molecule has 0 saturated carbocycles. The second kappa shape index (κ2) is 7.25. The molecule has 4 heteroatoms. The zero-order chi connectivity index (χ0) is 14.5. The molecule has 0 aliphatic rings. The van der Waals surface area contributed by atoms with Gasteiger partial charge in [0, 0.05) is 9.64 Å². The predicted molar refractivity (Wildman–Crippen MR) is 87.0 cm³/mol. The van der Waals surface area contributed by atoms with Gasteiger partial charge in [0.15, 0.2) is 0 Å². The highest BCUT2D eigenvalue weighted by molar-refractivity contribution is 8.01. The molecule has 1 N–H and O–H groups in total. The predicted octanol–water partition coefficient (Wildman–Crippen LogP) is 4.12. The molecular formula is C15H23NOS2. The molecule has 1 aromatic rings. The third-order valence-electron chi connectivity index (χ3n) is 2.63. The SMILES string of the molecule is CSc1ccc(C(C)NC(=O)CSC(C)(C)C)cc1. The van der Waals surface area contributed by atoms with Crippen LogP contribution >= 0.6 is 23.5 Å². The molecule has 1 unspecified atom stereocenters. The second-order valence-electron chi connectivity index (χ2n) is 5.46. The lowest BCUT2D eigenvalue weighted by Crippen LogP contribution is -2.29. The first-order valence-electron chi connectivity index (χ1n) is 6.39. The monoisotopic (exact) mass is 297 g/mol. The molecule has 0 aliphatic heterocycles. The van der Waals surface area contributed by atoms with E-state index in [1.807, 2.05) is 6.92 Å². The highest BCUT2D eigenvalue weighted by atomic mass is 32.2. The smallest absolute Gasteiger partial charge is 0.230 e. The summed E-state index contributed by atoms with van der Waals surface area (Å²) in [6.45, 7) is 8.38. The molecule has 2 nitrogen and oxygen atoms in total. The topological polar surface area (TPSA) is 29.1 Å². The Balaban J connectivity index is 2.49. The van der Waals surface area contributed by atoms with Crippen LogP contribution in [-0.2, 0) is 4.79 Å². The number of carbonyl (C=O) groups excluding carboxylic acids is 1. The lowest BCUT2D eigenvalue weighted by Gasteiger charge is -2.19. The van der Waals surface area contributed by atoms with Crippen LogP contribution in [0.2, 0.25) is 0 Å². The van der Waals surface area contributed by atoms with E-state index in [9.17, 15) is 4.79 Å². The van der Waals surface area contributed by atoms with E-state index in [-0.39, 0.29) is 16.7 Å². The highest BCUT2D eigenvalue weighted by Crippen LogP contribution is 2.23. The summed E-state index contributed by atoms with van der Waals surface area (Å²) in [6.07, 6.45) is 2.06.